The van der Waals surface area contributed by atoms with Crippen LogP contribution in [0.5, 0.6) is 0 Å². The maximum atomic E-state index is 12.4. The summed E-state index contributed by atoms with van der Waals surface area (Å²) in [5.74, 6) is 0.304. The van der Waals surface area contributed by atoms with E-state index in [0.29, 0.717) is 22.8 Å². The van der Waals surface area contributed by atoms with E-state index in [-0.39, 0.29) is 5.78 Å². The minimum atomic E-state index is -0.420. The van der Waals surface area contributed by atoms with Crippen LogP contribution in [-0.4, -0.2) is 21.8 Å². The Morgan fingerprint density at radius 3 is 2.15 bits per heavy atom. The predicted octanol–water partition coefficient (Wildman–Crippen LogP) is 4.44. The molecule has 0 aliphatic heterocycles. The van der Waals surface area contributed by atoms with Gasteiger partial charge in [-0.15, -0.1) is 0 Å². The van der Waals surface area contributed by atoms with Crippen molar-refractivity contribution in [3.05, 3.63) is 90.0 Å². The van der Waals surface area contributed by atoms with Crippen molar-refractivity contribution in [1.82, 2.24) is 9.97 Å². The lowest BCUT2D eigenvalue weighted by Crippen LogP contribution is -2.20. The Balaban J connectivity index is 1.42. The number of hydrogen-bond donors (Lipinski definition) is 3. The highest BCUT2D eigenvalue weighted by Gasteiger charge is 2.10. The van der Waals surface area contributed by atoms with Gasteiger partial charge in [0.2, 0.25) is 5.95 Å². The molecule has 1 aromatic heterocycles. The van der Waals surface area contributed by atoms with Crippen LogP contribution in [0.1, 0.15) is 15.9 Å². The lowest BCUT2D eigenvalue weighted by molar-refractivity contribution is 0.103. The molecule has 0 radical (unpaired) electrons. The molecule has 6 nitrogen and oxygen atoms in total. The number of H-pyrrole nitrogens is 1. The van der Waals surface area contributed by atoms with Crippen LogP contribution in [0.15, 0.2) is 78.9 Å². The topological polar surface area (TPSA) is 86.9 Å². The Morgan fingerprint density at radius 2 is 1.41 bits per heavy atom. The smallest absolute Gasteiger partial charge is 0.324 e. The zero-order valence-electron chi connectivity index (χ0n) is 14.3. The first-order valence-electron chi connectivity index (χ1n) is 8.41. The van der Waals surface area contributed by atoms with Crippen LogP contribution < -0.4 is 10.6 Å². The largest absolute Gasteiger partial charge is 0.326 e. The fourth-order valence-electron chi connectivity index (χ4n) is 2.74. The molecule has 132 valence electrons. The molecule has 0 saturated carbocycles. The minimum absolute atomic E-state index is 0.0612. The lowest BCUT2D eigenvalue weighted by Gasteiger charge is -2.06. The Hall–Kier alpha value is -3.93. The van der Waals surface area contributed by atoms with Crippen LogP contribution in [-0.2, 0) is 0 Å². The number of imidazole rings is 1. The molecule has 3 aromatic carbocycles. The number of para-hydroxylation sites is 2. The number of aromatic amines is 1. The van der Waals surface area contributed by atoms with E-state index < -0.39 is 6.03 Å². The molecule has 0 saturated heterocycles. The second kappa shape index (κ2) is 7.13. The van der Waals surface area contributed by atoms with Gasteiger partial charge in [0.1, 0.15) is 0 Å². The first-order chi connectivity index (χ1) is 13.2. The molecule has 0 fully saturated rings. The summed E-state index contributed by atoms with van der Waals surface area (Å²) in [6.45, 7) is 0. The van der Waals surface area contributed by atoms with Gasteiger partial charge in [-0.05, 0) is 36.4 Å². The maximum Gasteiger partial charge on any atom is 0.326 e. The molecule has 0 bridgehead atoms. The van der Waals surface area contributed by atoms with Crippen molar-refractivity contribution in [3.63, 3.8) is 0 Å². The fourth-order valence-corrected chi connectivity index (χ4v) is 2.74. The van der Waals surface area contributed by atoms with E-state index in [4.69, 9.17) is 0 Å². The Labute approximate surface area is 155 Å². The van der Waals surface area contributed by atoms with Crippen LogP contribution in [0.3, 0.4) is 0 Å². The van der Waals surface area contributed by atoms with Crippen molar-refractivity contribution >= 4 is 34.5 Å². The monoisotopic (exact) mass is 356 g/mol. The summed E-state index contributed by atoms with van der Waals surface area (Å²) in [4.78, 5) is 31.9. The Morgan fingerprint density at radius 1 is 0.741 bits per heavy atom. The molecule has 27 heavy (non-hydrogen) atoms. The Bertz CT molecular complexity index is 1070. The van der Waals surface area contributed by atoms with Crippen molar-refractivity contribution < 1.29 is 9.59 Å². The summed E-state index contributed by atoms with van der Waals surface area (Å²) < 4.78 is 0. The van der Waals surface area contributed by atoms with Crippen LogP contribution in [0.2, 0.25) is 0 Å². The highest BCUT2D eigenvalue weighted by atomic mass is 16.2. The Kier molecular flexibility index (Phi) is 4.37. The first-order valence-corrected chi connectivity index (χ1v) is 8.41. The van der Waals surface area contributed by atoms with E-state index in [0.717, 1.165) is 11.0 Å². The van der Waals surface area contributed by atoms with E-state index in [9.17, 15) is 9.59 Å². The number of rotatable bonds is 4. The number of fused-ring (bicyclic) bond motifs is 1. The number of benzene rings is 3. The molecule has 6 heteroatoms. The average Bonchev–Trinajstić information content (AvgIpc) is 3.10. The third kappa shape index (κ3) is 3.69. The van der Waals surface area contributed by atoms with E-state index in [1.54, 1.807) is 36.4 Å². The summed E-state index contributed by atoms with van der Waals surface area (Å²) in [6.07, 6.45) is 0. The van der Waals surface area contributed by atoms with Gasteiger partial charge in [0, 0.05) is 16.8 Å². The third-order valence-corrected chi connectivity index (χ3v) is 4.06. The normalized spacial score (nSPS) is 10.5. The second-order valence-corrected chi connectivity index (χ2v) is 5.95. The number of amides is 2. The van der Waals surface area contributed by atoms with Gasteiger partial charge in [-0.1, -0.05) is 42.5 Å². The number of nitrogens with zero attached hydrogens (tertiary/aromatic N) is 1. The van der Waals surface area contributed by atoms with E-state index in [1.807, 2.05) is 42.5 Å². The van der Waals surface area contributed by atoms with Crippen molar-refractivity contribution in [2.24, 2.45) is 0 Å². The van der Waals surface area contributed by atoms with Gasteiger partial charge in [-0.2, -0.15) is 0 Å². The number of hydrogen-bond acceptors (Lipinski definition) is 3. The number of anilines is 2. The molecule has 3 N–H and O–H groups in total. The fraction of sp³-hybridized carbons (Fsp3) is 0. The zero-order valence-corrected chi connectivity index (χ0v) is 14.3. The van der Waals surface area contributed by atoms with Crippen LogP contribution in [0.4, 0.5) is 16.4 Å². The molecule has 1 heterocycles. The van der Waals surface area contributed by atoms with Gasteiger partial charge in [-0.3, -0.25) is 10.1 Å². The number of nitrogens with one attached hydrogen (secondary N) is 3. The number of carbonyl (C=O) groups excluding carboxylic acids is 2. The zero-order chi connectivity index (χ0) is 18.6. The molecular weight excluding hydrogens is 340 g/mol. The molecule has 4 rings (SSSR count). The van der Waals surface area contributed by atoms with Crippen molar-refractivity contribution in [1.29, 1.82) is 0 Å². The van der Waals surface area contributed by atoms with Crippen molar-refractivity contribution in [2.45, 2.75) is 0 Å². The van der Waals surface area contributed by atoms with Crippen molar-refractivity contribution in [2.75, 3.05) is 10.6 Å². The molecule has 0 aliphatic carbocycles. The predicted molar refractivity (Wildman–Crippen MR) is 105 cm³/mol. The maximum absolute atomic E-state index is 12.4. The van der Waals surface area contributed by atoms with Gasteiger partial charge in [-0.25, -0.2) is 9.78 Å². The molecule has 0 atom stereocenters. The molecule has 0 aliphatic rings. The molecule has 2 amide bonds. The van der Waals surface area contributed by atoms with E-state index in [1.165, 1.54) is 0 Å². The first kappa shape index (κ1) is 16.5. The number of aromatic nitrogens is 2. The quantitative estimate of drug-likeness (QED) is 0.473. The highest BCUT2D eigenvalue weighted by molar-refractivity contribution is 6.09. The number of ketones is 1. The van der Waals surface area contributed by atoms with Gasteiger partial charge in [0.05, 0.1) is 11.0 Å². The minimum Gasteiger partial charge on any atom is -0.324 e. The average molecular weight is 356 g/mol. The van der Waals surface area contributed by atoms with Gasteiger partial charge in [0.15, 0.2) is 5.78 Å². The highest BCUT2D eigenvalue weighted by Crippen LogP contribution is 2.16. The summed E-state index contributed by atoms with van der Waals surface area (Å²) >= 11 is 0. The van der Waals surface area contributed by atoms with Gasteiger partial charge in [0.25, 0.3) is 0 Å². The number of carbonyl (C=O) groups is 2. The molecule has 0 spiro atoms. The molecular formula is C21H16N4O2. The summed E-state index contributed by atoms with van der Waals surface area (Å²) in [6, 6.07) is 22.9. The second-order valence-electron chi connectivity index (χ2n) is 5.95. The standard InChI is InChI=1S/C21H16N4O2/c26-19(14-6-2-1-3-7-14)15-10-12-16(13-11-15)22-21(27)25-20-23-17-8-4-5-9-18(17)24-20/h1-13H,(H3,22,23,24,25,27). The lowest BCUT2D eigenvalue weighted by atomic mass is 10.0. The van der Waals surface area contributed by atoms with Crippen LogP contribution in [0, 0.1) is 0 Å². The van der Waals surface area contributed by atoms with E-state index in [2.05, 4.69) is 20.6 Å². The van der Waals surface area contributed by atoms with Crippen LogP contribution >= 0.6 is 0 Å². The van der Waals surface area contributed by atoms with Gasteiger partial charge < -0.3 is 10.3 Å². The van der Waals surface area contributed by atoms with Gasteiger partial charge >= 0.3 is 6.03 Å². The SMILES string of the molecule is O=C(Nc1ccc(C(=O)c2ccccc2)cc1)Nc1nc2ccccc2[nH]1. The van der Waals surface area contributed by atoms with E-state index >= 15 is 0 Å². The summed E-state index contributed by atoms with van der Waals surface area (Å²) in [7, 11) is 0. The third-order valence-electron chi connectivity index (χ3n) is 4.06. The van der Waals surface area contributed by atoms with Crippen LogP contribution in [0.25, 0.3) is 11.0 Å². The summed E-state index contributed by atoms with van der Waals surface area (Å²) in [5.41, 5.74) is 3.38. The summed E-state index contributed by atoms with van der Waals surface area (Å²) in [5, 5.41) is 5.38. The number of urea groups is 1. The van der Waals surface area contributed by atoms with Crippen molar-refractivity contribution in [3.8, 4) is 0 Å². The molecule has 4 aromatic rings. The molecule has 0 unspecified atom stereocenters.